The van der Waals surface area contributed by atoms with E-state index in [1.807, 2.05) is 32.0 Å². The number of nitrogens with zero attached hydrogens (tertiary/aromatic N) is 1. The fourth-order valence-electron chi connectivity index (χ4n) is 3.75. The summed E-state index contributed by atoms with van der Waals surface area (Å²) in [5.41, 5.74) is 9.78. The van der Waals surface area contributed by atoms with Crippen LogP contribution >= 0.6 is 0 Å². The maximum atomic E-state index is 9.96. The topological polar surface area (TPSA) is 138 Å². The van der Waals surface area contributed by atoms with Gasteiger partial charge in [0, 0.05) is 61.1 Å². The van der Waals surface area contributed by atoms with Crippen LogP contribution in [-0.2, 0) is 4.74 Å². The number of nitrogens with one attached hydrogen (secondary N) is 4. The molecular formula is C24H36N6O3. The number of aliphatic hydroxyl groups excluding tert-OH is 1. The number of aliphatic hydroxyl groups is 1. The van der Waals surface area contributed by atoms with Gasteiger partial charge in [-0.05, 0) is 51.9 Å². The molecule has 2 aromatic rings. The Labute approximate surface area is 195 Å². The first kappa shape index (κ1) is 24.8. The largest absolute Gasteiger partial charge is 0.491 e. The van der Waals surface area contributed by atoms with Gasteiger partial charge in [0.25, 0.3) is 0 Å². The van der Waals surface area contributed by atoms with E-state index in [0.29, 0.717) is 29.5 Å². The van der Waals surface area contributed by atoms with Crippen molar-refractivity contribution in [2.24, 2.45) is 0 Å². The molecule has 1 aromatic heterocycles. The van der Waals surface area contributed by atoms with Crippen molar-refractivity contribution in [2.45, 2.75) is 44.9 Å². The molecule has 33 heavy (non-hydrogen) atoms. The third-order valence-electron chi connectivity index (χ3n) is 5.32. The fraction of sp³-hybridized carbons (Fsp3) is 0.500. The summed E-state index contributed by atoms with van der Waals surface area (Å²) in [5, 5.41) is 27.9. The highest BCUT2D eigenvalue weighted by Gasteiger charge is 2.19. The van der Waals surface area contributed by atoms with Crippen molar-refractivity contribution in [3.63, 3.8) is 0 Å². The summed E-state index contributed by atoms with van der Waals surface area (Å²) in [6.45, 7) is 6.12. The highest BCUT2D eigenvalue weighted by atomic mass is 16.5. The van der Waals surface area contributed by atoms with Crippen molar-refractivity contribution in [3.05, 3.63) is 29.8 Å². The number of rotatable bonds is 11. The van der Waals surface area contributed by atoms with E-state index in [1.165, 1.54) is 6.21 Å². The first-order chi connectivity index (χ1) is 15.9. The van der Waals surface area contributed by atoms with E-state index in [-0.39, 0.29) is 18.7 Å². The van der Waals surface area contributed by atoms with Crippen LogP contribution in [0.15, 0.2) is 24.3 Å². The number of nitrogens with two attached hydrogens (primary N) is 1. The molecule has 0 amide bonds. The summed E-state index contributed by atoms with van der Waals surface area (Å²) < 4.78 is 11.3. The van der Waals surface area contributed by atoms with Crippen LogP contribution in [0.1, 0.15) is 32.3 Å². The van der Waals surface area contributed by atoms with Crippen LogP contribution in [0, 0.1) is 5.41 Å². The minimum atomic E-state index is -0.623. The predicted molar refractivity (Wildman–Crippen MR) is 134 cm³/mol. The van der Waals surface area contributed by atoms with Crippen LogP contribution in [0.5, 0.6) is 5.75 Å². The normalized spacial score (nSPS) is 15.3. The van der Waals surface area contributed by atoms with Crippen LogP contribution in [0.25, 0.3) is 11.3 Å². The molecule has 1 unspecified atom stereocenters. The lowest BCUT2D eigenvalue weighted by Gasteiger charge is -2.26. The van der Waals surface area contributed by atoms with Gasteiger partial charge in [0.15, 0.2) is 0 Å². The molecular weight excluding hydrogens is 420 g/mol. The Balaban J connectivity index is 1.96. The molecule has 2 heterocycles. The Hall–Kier alpha value is -2.88. The fourth-order valence-corrected chi connectivity index (χ4v) is 3.75. The van der Waals surface area contributed by atoms with E-state index >= 15 is 0 Å². The Bertz CT molecular complexity index is 931. The quantitative estimate of drug-likeness (QED) is 0.224. The second-order valence-electron chi connectivity index (χ2n) is 8.60. The molecule has 3 rings (SSSR count). The standard InChI is InChI=1S/C24H36N6O3/c1-15(2)28-24-21(12-25)23(29-18-4-6-32-7-5-18)11-22(30-24)16-8-17(26)10-20(9-16)33-14-19(31)13-27-3/h8-12,15,18-19,25,27,31H,4-7,13-14,26H2,1-3H3,(H2,28,29,30). The highest BCUT2D eigenvalue weighted by molar-refractivity contribution is 5.94. The second-order valence-corrected chi connectivity index (χ2v) is 8.60. The van der Waals surface area contributed by atoms with Crippen molar-refractivity contribution in [1.82, 2.24) is 10.3 Å². The number of pyridine rings is 1. The first-order valence-electron chi connectivity index (χ1n) is 11.4. The minimum absolute atomic E-state index is 0.149. The van der Waals surface area contributed by atoms with Crippen molar-refractivity contribution in [1.29, 1.82) is 5.41 Å². The van der Waals surface area contributed by atoms with E-state index < -0.39 is 6.10 Å². The summed E-state index contributed by atoms with van der Waals surface area (Å²) in [7, 11) is 1.78. The molecule has 180 valence electrons. The number of anilines is 3. The SMILES string of the molecule is CNCC(O)COc1cc(N)cc(-c2cc(NC3CCOCC3)c(C=N)c(NC(C)C)n2)c1. The van der Waals surface area contributed by atoms with Gasteiger partial charge in [0.2, 0.25) is 0 Å². The summed E-state index contributed by atoms with van der Waals surface area (Å²) in [6, 6.07) is 7.82. The van der Waals surface area contributed by atoms with Gasteiger partial charge in [-0.25, -0.2) is 4.98 Å². The number of nitrogen functional groups attached to an aromatic ring is 1. The van der Waals surface area contributed by atoms with Gasteiger partial charge in [-0.2, -0.15) is 0 Å². The van der Waals surface area contributed by atoms with Crippen molar-refractivity contribution < 1.29 is 14.6 Å². The third-order valence-corrected chi connectivity index (χ3v) is 5.32. The van der Waals surface area contributed by atoms with Crippen LogP contribution in [0.2, 0.25) is 0 Å². The molecule has 0 aliphatic carbocycles. The Morgan fingerprint density at radius 3 is 2.70 bits per heavy atom. The summed E-state index contributed by atoms with van der Waals surface area (Å²) in [5.74, 6) is 1.21. The molecule has 1 fully saturated rings. The molecule has 0 saturated carbocycles. The van der Waals surface area contributed by atoms with Gasteiger partial charge in [-0.15, -0.1) is 0 Å². The molecule has 9 nitrogen and oxygen atoms in total. The van der Waals surface area contributed by atoms with Crippen LogP contribution in [-0.4, -0.2) is 67.9 Å². The van der Waals surface area contributed by atoms with Gasteiger partial charge in [0.1, 0.15) is 24.3 Å². The van der Waals surface area contributed by atoms with Crippen LogP contribution in [0.3, 0.4) is 0 Å². The van der Waals surface area contributed by atoms with E-state index in [9.17, 15) is 5.11 Å². The third kappa shape index (κ3) is 7.05. The number of aromatic nitrogens is 1. The van der Waals surface area contributed by atoms with Gasteiger partial charge >= 0.3 is 0 Å². The van der Waals surface area contributed by atoms with E-state index in [4.69, 9.17) is 25.6 Å². The molecule has 9 heteroatoms. The van der Waals surface area contributed by atoms with E-state index in [1.54, 1.807) is 13.1 Å². The summed E-state index contributed by atoms with van der Waals surface area (Å²) in [4.78, 5) is 4.82. The average Bonchev–Trinajstić information content (AvgIpc) is 2.78. The smallest absolute Gasteiger partial charge is 0.137 e. The molecule has 1 aliphatic heterocycles. The lowest BCUT2D eigenvalue weighted by Crippen LogP contribution is -2.29. The maximum Gasteiger partial charge on any atom is 0.137 e. The number of hydrogen-bond acceptors (Lipinski definition) is 9. The Morgan fingerprint density at radius 1 is 1.27 bits per heavy atom. The lowest BCUT2D eigenvalue weighted by molar-refractivity contribution is 0.0904. The number of ether oxygens (including phenoxy) is 2. The van der Waals surface area contributed by atoms with Crippen molar-refractivity contribution in [2.75, 3.05) is 49.8 Å². The van der Waals surface area contributed by atoms with Crippen molar-refractivity contribution in [3.8, 4) is 17.0 Å². The zero-order valence-electron chi connectivity index (χ0n) is 19.6. The molecule has 0 spiro atoms. The molecule has 1 aliphatic rings. The van der Waals surface area contributed by atoms with Gasteiger partial charge in [-0.1, -0.05) is 0 Å². The predicted octanol–water partition coefficient (Wildman–Crippen LogP) is 2.70. The van der Waals surface area contributed by atoms with Crippen LogP contribution < -0.4 is 26.4 Å². The molecule has 0 bridgehead atoms. The zero-order chi connectivity index (χ0) is 23.8. The van der Waals surface area contributed by atoms with E-state index in [2.05, 4.69) is 16.0 Å². The maximum absolute atomic E-state index is 9.96. The number of benzene rings is 1. The van der Waals surface area contributed by atoms with Gasteiger partial charge < -0.3 is 41.7 Å². The van der Waals surface area contributed by atoms with Crippen molar-refractivity contribution >= 4 is 23.4 Å². The first-order valence-corrected chi connectivity index (χ1v) is 11.4. The van der Waals surface area contributed by atoms with Gasteiger partial charge in [-0.3, -0.25) is 0 Å². The lowest BCUT2D eigenvalue weighted by atomic mass is 10.0. The summed E-state index contributed by atoms with van der Waals surface area (Å²) >= 11 is 0. The summed E-state index contributed by atoms with van der Waals surface area (Å²) in [6.07, 6.45) is 2.53. The molecule has 1 aromatic carbocycles. The molecule has 1 saturated heterocycles. The minimum Gasteiger partial charge on any atom is -0.491 e. The number of likely N-dealkylation sites (N-methyl/N-ethyl adjacent to an activating group) is 1. The Morgan fingerprint density at radius 2 is 2.03 bits per heavy atom. The Kier molecular flexibility index (Phi) is 8.87. The molecule has 1 atom stereocenters. The second kappa shape index (κ2) is 11.8. The molecule has 0 radical (unpaired) electrons. The monoisotopic (exact) mass is 456 g/mol. The van der Waals surface area contributed by atoms with Gasteiger partial charge in [0.05, 0.1) is 11.3 Å². The zero-order valence-corrected chi connectivity index (χ0v) is 19.6. The van der Waals surface area contributed by atoms with Crippen LogP contribution in [0.4, 0.5) is 17.2 Å². The number of hydrogen-bond donors (Lipinski definition) is 6. The highest BCUT2D eigenvalue weighted by Crippen LogP contribution is 2.33. The average molecular weight is 457 g/mol. The molecule has 7 N–H and O–H groups in total. The van der Waals surface area contributed by atoms with E-state index in [0.717, 1.165) is 42.9 Å².